The van der Waals surface area contributed by atoms with Crippen molar-refractivity contribution in [3.63, 3.8) is 0 Å². The Morgan fingerprint density at radius 2 is 2.11 bits per heavy atom. The summed E-state index contributed by atoms with van der Waals surface area (Å²) in [4.78, 5) is 11.9. The molecule has 1 aromatic carbocycles. The minimum absolute atomic E-state index is 0.0314. The molecule has 1 aliphatic heterocycles. The van der Waals surface area contributed by atoms with E-state index in [-0.39, 0.29) is 5.91 Å². The molecule has 1 aromatic rings. The van der Waals surface area contributed by atoms with Crippen molar-refractivity contribution in [1.82, 2.24) is 0 Å². The van der Waals surface area contributed by atoms with E-state index >= 15 is 0 Å². The van der Waals surface area contributed by atoms with Crippen molar-refractivity contribution in [1.29, 1.82) is 0 Å². The van der Waals surface area contributed by atoms with Crippen LogP contribution in [0.2, 0.25) is 0 Å². The lowest BCUT2D eigenvalue weighted by Gasteiger charge is -2.17. The maximum atomic E-state index is 11.9. The van der Waals surface area contributed by atoms with E-state index in [4.69, 9.17) is 0 Å². The van der Waals surface area contributed by atoms with Gasteiger partial charge in [0.2, 0.25) is 5.91 Å². The number of hydrogen-bond donors (Lipinski definition) is 2. The van der Waals surface area contributed by atoms with E-state index in [1.807, 2.05) is 32.0 Å². The van der Waals surface area contributed by atoms with Crippen LogP contribution in [0.4, 0.5) is 5.69 Å². The number of benzene rings is 1. The number of amides is 1. The monoisotopic (exact) mass is 245 g/mol. The highest BCUT2D eigenvalue weighted by Crippen LogP contribution is 2.48. The summed E-state index contributed by atoms with van der Waals surface area (Å²) in [6.45, 7) is 6.00. The first-order valence-electron chi connectivity index (χ1n) is 6.55. The second-order valence-electron chi connectivity index (χ2n) is 6.21. The van der Waals surface area contributed by atoms with E-state index in [1.165, 1.54) is 0 Å². The third-order valence-electron chi connectivity index (χ3n) is 4.45. The summed E-state index contributed by atoms with van der Waals surface area (Å²) in [5.41, 5.74) is 2.31. The Bertz CT molecular complexity index is 521. The van der Waals surface area contributed by atoms with Gasteiger partial charge >= 0.3 is 0 Å². The van der Waals surface area contributed by atoms with E-state index in [0.717, 1.165) is 23.2 Å². The molecule has 2 aliphatic rings. The van der Waals surface area contributed by atoms with Gasteiger partial charge in [0, 0.05) is 5.69 Å². The molecule has 1 heterocycles. The lowest BCUT2D eigenvalue weighted by Crippen LogP contribution is -2.26. The highest BCUT2D eigenvalue weighted by atomic mass is 16.3. The van der Waals surface area contributed by atoms with E-state index in [1.54, 1.807) is 0 Å². The highest BCUT2D eigenvalue weighted by molar-refractivity contribution is 6.05. The van der Waals surface area contributed by atoms with Gasteiger partial charge in [-0.05, 0) is 49.3 Å². The van der Waals surface area contributed by atoms with Crippen molar-refractivity contribution in [2.24, 2.45) is 11.8 Å². The number of carbonyl (C=O) groups excluding carboxylic acids is 1. The van der Waals surface area contributed by atoms with Crippen molar-refractivity contribution in [3.05, 3.63) is 29.3 Å². The zero-order valence-electron chi connectivity index (χ0n) is 11.0. The molecule has 3 nitrogen and oxygen atoms in total. The van der Waals surface area contributed by atoms with Crippen LogP contribution in [0.25, 0.3) is 0 Å². The normalized spacial score (nSPS) is 29.7. The molecule has 3 heteroatoms. The molecule has 0 aromatic heterocycles. The Balaban J connectivity index is 1.97. The smallest absolute Gasteiger partial charge is 0.234 e. The second kappa shape index (κ2) is 3.58. The molecule has 96 valence electrons. The van der Waals surface area contributed by atoms with Crippen LogP contribution in [-0.2, 0) is 10.2 Å². The van der Waals surface area contributed by atoms with Gasteiger partial charge in [0.15, 0.2) is 0 Å². The Morgan fingerprint density at radius 1 is 1.44 bits per heavy atom. The predicted octanol–water partition coefficient (Wildman–Crippen LogP) is 2.61. The van der Waals surface area contributed by atoms with Crippen molar-refractivity contribution in [3.8, 4) is 0 Å². The molecule has 0 radical (unpaired) electrons. The molecule has 0 bridgehead atoms. The maximum Gasteiger partial charge on any atom is 0.234 e. The second-order valence-corrected chi connectivity index (χ2v) is 6.21. The molecule has 2 N–H and O–H groups in total. The topological polar surface area (TPSA) is 49.3 Å². The number of hydrogen-bond acceptors (Lipinski definition) is 2. The largest absolute Gasteiger partial charge is 0.388 e. The Labute approximate surface area is 107 Å². The molecule has 18 heavy (non-hydrogen) atoms. The molecule has 1 fully saturated rings. The van der Waals surface area contributed by atoms with Gasteiger partial charge in [0.25, 0.3) is 0 Å². The van der Waals surface area contributed by atoms with Gasteiger partial charge in [-0.2, -0.15) is 0 Å². The SMILES string of the molecule is CC1CC1C(O)c1ccc2c(c1)C(C)(C)C(=O)N2. The number of fused-ring (bicyclic) bond motifs is 1. The molecule has 0 saturated heterocycles. The lowest BCUT2D eigenvalue weighted by molar-refractivity contribution is -0.119. The number of carbonyl (C=O) groups is 1. The Kier molecular flexibility index (Phi) is 2.33. The zero-order valence-corrected chi connectivity index (χ0v) is 11.0. The molecule has 1 amide bonds. The molecular formula is C15H19NO2. The summed E-state index contributed by atoms with van der Waals surface area (Å²) in [6, 6.07) is 5.83. The summed E-state index contributed by atoms with van der Waals surface area (Å²) >= 11 is 0. The molecule has 1 saturated carbocycles. The van der Waals surface area contributed by atoms with Gasteiger partial charge < -0.3 is 10.4 Å². The lowest BCUT2D eigenvalue weighted by atomic mass is 9.84. The van der Waals surface area contributed by atoms with Crippen LogP contribution in [0.1, 0.15) is 44.4 Å². The van der Waals surface area contributed by atoms with Crippen molar-refractivity contribution in [2.75, 3.05) is 5.32 Å². The zero-order chi connectivity index (χ0) is 13.1. The number of aliphatic hydroxyl groups is 1. The quantitative estimate of drug-likeness (QED) is 0.841. The molecular weight excluding hydrogens is 226 g/mol. The molecule has 3 unspecified atom stereocenters. The summed E-state index contributed by atoms with van der Waals surface area (Å²) in [7, 11) is 0. The number of nitrogens with one attached hydrogen (secondary N) is 1. The highest BCUT2D eigenvalue weighted by Gasteiger charge is 2.42. The van der Waals surface area contributed by atoms with Crippen LogP contribution >= 0.6 is 0 Å². The van der Waals surface area contributed by atoms with Gasteiger partial charge in [-0.15, -0.1) is 0 Å². The number of rotatable bonds is 2. The fourth-order valence-electron chi connectivity index (χ4n) is 2.81. The third-order valence-corrected chi connectivity index (χ3v) is 4.45. The number of aliphatic hydroxyl groups excluding tert-OH is 1. The first kappa shape index (κ1) is 11.7. The van der Waals surface area contributed by atoms with Gasteiger partial charge in [0.05, 0.1) is 11.5 Å². The third kappa shape index (κ3) is 1.57. The predicted molar refractivity (Wildman–Crippen MR) is 70.3 cm³/mol. The maximum absolute atomic E-state index is 11.9. The van der Waals surface area contributed by atoms with E-state index in [2.05, 4.69) is 12.2 Å². The summed E-state index contributed by atoms with van der Waals surface area (Å²) in [5.74, 6) is 1.03. The van der Waals surface area contributed by atoms with Gasteiger partial charge in [-0.25, -0.2) is 0 Å². The molecule has 3 atom stereocenters. The molecule has 3 rings (SSSR count). The minimum atomic E-state index is -0.500. The molecule has 1 aliphatic carbocycles. The van der Waals surface area contributed by atoms with Crippen LogP contribution in [-0.4, -0.2) is 11.0 Å². The van der Waals surface area contributed by atoms with Crippen molar-refractivity contribution in [2.45, 2.75) is 38.7 Å². The summed E-state index contributed by atoms with van der Waals surface area (Å²) in [5, 5.41) is 13.2. The molecule has 0 spiro atoms. The van der Waals surface area contributed by atoms with Crippen LogP contribution in [0, 0.1) is 11.8 Å². The summed E-state index contributed by atoms with van der Waals surface area (Å²) in [6.07, 6.45) is 0.704. The summed E-state index contributed by atoms with van der Waals surface area (Å²) < 4.78 is 0. The number of anilines is 1. The van der Waals surface area contributed by atoms with Crippen LogP contribution < -0.4 is 5.32 Å². The fourth-order valence-corrected chi connectivity index (χ4v) is 2.81. The van der Waals surface area contributed by atoms with Crippen molar-refractivity contribution >= 4 is 11.6 Å². The minimum Gasteiger partial charge on any atom is -0.388 e. The van der Waals surface area contributed by atoms with Gasteiger partial charge in [-0.1, -0.05) is 19.1 Å². The van der Waals surface area contributed by atoms with Gasteiger partial charge in [-0.3, -0.25) is 4.79 Å². The average Bonchev–Trinajstić information content (AvgIpc) is 3.00. The van der Waals surface area contributed by atoms with Crippen LogP contribution in [0.5, 0.6) is 0 Å². The fraction of sp³-hybridized carbons (Fsp3) is 0.533. The van der Waals surface area contributed by atoms with Crippen LogP contribution in [0.3, 0.4) is 0 Å². The average molecular weight is 245 g/mol. The van der Waals surface area contributed by atoms with Gasteiger partial charge in [0.1, 0.15) is 0 Å². The first-order valence-corrected chi connectivity index (χ1v) is 6.55. The van der Waals surface area contributed by atoms with E-state index in [9.17, 15) is 9.90 Å². The van der Waals surface area contributed by atoms with E-state index in [0.29, 0.717) is 11.8 Å². The Hall–Kier alpha value is -1.35. The first-order chi connectivity index (χ1) is 8.41. The Morgan fingerprint density at radius 3 is 2.72 bits per heavy atom. The van der Waals surface area contributed by atoms with Crippen LogP contribution in [0.15, 0.2) is 18.2 Å². The van der Waals surface area contributed by atoms with E-state index < -0.39 is 11.5 Å². The van der Waals surface area contributed by atoms with Crippen molar-refractivity contribution < 1.29 is 9.90 Å². The standard InChI is InChI=1S/C15H19NO2/c1-8-6-10(8)13(17)9-4-5-12-11(7-9)15(2,3)14(18)16-12/h4-5,7-8,10,13,17H,6H2,1-3H3,(H,16,18).